The van der Waals surface area contributed by atoms with Gasteiger partial charge >= 0.3 is 0 Å². The number of aliphatic hydroxyl groups excluding tert-OH is 2. The van der Waals surface area contributed by atoms with Crippen LogP contribution in [0, 0.1) is 0 Å². The van der Waals surface area contributed by atoms with E-state index in [0.717, 1.165) is 7.11 Å². The first kappa shape index (κ1) is 24.1. The third-order valence-corrected chi connectivity index (χ3v) is 4.05. The van der Waals surface area contributed by atoms with Gasteiger partial charge in [-0.05, 0) is 6.92 Å². The molecule has 12 nitrogen and oxygen atoms in total. The second-order valence-electron chi connectivity index (χ2n) is 5.96. The van der Waals surface area contributed by atoms with Gasteiger partial charge in [0.2, 0.25) is 18.5 Å². The highest BCUT2D eigenvalue weighted by molar-refractivity contribution is 5.73. The molecular formula is C16H25NO11. The van der Waals surface area contributed by atoms with Gasteiger partial charge in [0.05, 0.1) is 18.8 Å². The Morgan fingerprint density at radius 1 is 1.29 bits per heavy atom. The van der Waals surface area contributed by atoms with Crippen molar-refractivity contribution in [1.29, 1.82) is 0 Å². The van der Waals surface area contributed by atoms with Gasteiger partial charge in [0.1, 0.15) is 18.3 Å². The van der Waals surface area contributed by atoms with E-state index in [1.807, 2.05) is 0 Å². The van der Waals surface area contributed by atoms with E-state index in [1.165, 1.54) is 6.92 Å². The van der Waals surface area contributed by atoms with E-state index >= 15 is 0 Å². The van der Waals surface area contributed by atoms with E-state index in [1.54, 1.807) is 6.92 Å². The van der Waals surface area contributed by atoms with Crippen LogP contribution in [0.2, 0.25) is 0 Å². The molecule has 0 bridgehead atoms. The zero-order valence-corrected chi connectivity index (χ0v) is 15.6. The van der Waals surface area contributed by atoms with Gasteiger partial charge in [-0.3, -0.25) is 14.4 Å². The average molecular weight is 407 g/mol. The molecule has 1 amide bonds. The number of nitrogens with one attached hydrogen (secondary N) is 1. The van der Waals surface area contributed by atoms with Gasteiger partial charge in [-0.1, -0.05) is 0 Å². The number of hydrogen-bond acceptors (Lipinski definition) is 11. The summed E-state index contributed by atoms with van der Waals surface area (Å²) in [6.45, 7) is 2.27. The van der Waals surface area contributed by atoms with Crippen LogP contribution in [0.3, 0.4) is 0 Å². The minimum Gasteiger partial charge on any atom is -0.434 e. The van der Waals surface area contributed by atoms with Crippen LogP contribution in [0.4, 0.5) is 0 Å². The molecule has 160 valence electrons. The summed E-state index contributed by atoms with van der Waals surface area (Å²) >= 11 is 0. The summed E-state index contributed by atoms with van der Waals surface area (Å²) in [5.74, 6) is -0.449. The summed E-state index contributed by atoms with van der Waals surface area (Å²) in [4.78, 5) is 44.5. The Kier molecular flexibility index (Phi) is 10.1. The fourth-order valence-electron chi connectivity index (χ4n) is 2.74. The second kappa shape index (κ2) is 11.8. The maximum Gasteiger partial charge on any atom is 0.295 e. The molecule has 28 heavy (non-hydrogen) atoms. The lowest BCUT2D eigenvalue weighted by Gasteiger charge is -2.44. The van der Waals surface area contributed by atoms with Crippen LogP contribution in [-0.2, 0) is 42.9 Å². The number of ether oxygens (including phenoxy) is 5. The highest BCUT2D eigenvalue weighted by Gasteiger charge is 2.46. The maximum absolute atomic E-state index is 11.5. The van der Waals surface area contributed by atoms with E-state index in [0.29, 0.717) is 6.29 Å². The van der Waals surface area contributed by atoms with Gasteiger partial charge in [0.25, 0.3) is 6.47 Å². The summed E-state index contributed by atoms with van der Waals surface area (Å²) in [6.07, 6.45) is -8.54. The maximum atomic E-state index is 11.5. The Balaban J connectivity index is 3.02. The van der Waals surface area contributed by atoms with Crippen molar-refractivity contribution in [2.45, 2.75) is 63.0 Å². The SMILES string of the molecule is COC(C=O)C(OC=O)O[C@H](C=O)OC1[C@@H](O)C(CO)O[C@@H](C)[C@H]1NC(C)=O. The van der Waals surface area contributed by atoms with E-state index in [4.69, 9.17) is 18.9 Å². The van der Waals surface area contributed by atoms with Crippen LogP contribution < -0.4 is 5.32 Å². The molecule has 1 saturated heterocycles. The molecule has 3 N–H and O–H groups in total. The summed E-state index contributed by atoms with van der Waals surface area (Å²) in [6, 6.07) is -0.893. The molecule has 1 heterocycles. The zero-order chi connectivity index (χ0) is 21.3. The van der Waals surface area contributed by atoms with Crippen LogP contribution in [0.5, 0.6) is 0 Å². The molecule has 0 radical (unpaired) electrons. The largest absolute Gasteiger partial charge is 0.434 e. The molecule has 0 saturated carbocycles. The highest BCUT2D eigenvalue weighted by Crippen LogP contribution is 2.25. The molecule has 4 unspecified atom stereocenters. The van der Waals surface area contributed by atoms with Crippen LogP contribution in [0.25, 0.3) is 0 Å². The van der Waals surface area contributed by atoms with Gasteiger partial charge in [-0.2, -0.15) is 0 Å². The first-order chi connectivity index (χ1) is 13.3. The monoisotopic (exact) mass is 407 g/mol. The van der Waals surface area contributed by atoms with Gasteiger partial charge in [0.15, 0.2) is 18.7 Å². The summed E-state index contributed by atoms with van der Waals surface area (Å²) in [5, 5.41) is 22.3. The third kappa shape index (κ3) is 6.29. The van der Waals surface area contributed by atoms with Crippen LogP contribution in [0.15, 0.2) is 0 Å². The normalized spacial score (nSPS) is 30.5. The van der Waals surface area contributed by atoms with Crippen LogP contribution in [-0.4, -0.2) is 98.0 Å². The topological polar surface area (TPSA) is 167 Å². The molecule has 0 aromatic rings. The van der Waals surface area contributed by atoms with Crippen LogP contribution in [0.1, 0.15) is 13.8 Å². The standard InChI is InChI=1S/C16H25NO11/c1-8-13(17-9(2)22)15(14(23)10(4-18)26-8)27-12(6-20)28-16(25-7-21)11(5-19)24-3/h5-8,10-16,18,23H,4H2,1-3H3,(H,17,22)/t8-,10?,11?,12+,13+,14-,15?,16?/m0/s1. The second-order valence-corrected chi connectivity index (χ2v) is 5.96. The molecular weight excluding hydrogens is 382 g/mol. The summed E-state index contributed by atoms with van der Waals surface area (Å²) in [5.41, 5.74) is 0. The molecule has 0 aromatic carbocycles. The van der Waals surface area contributed by atoms with Crippen molar-refractivity contribution in [1.82, 2.24) is 5.32 Å². The predicted octanol–water partition coefficient (Wildman–Crippen LogP) is -2.73. The number of methoxy groups -OCH3 is 1. The summed E-state index contributed by atoms with van der Waals surface area (Å²) < 4.78 is 25.5. The van der Waals surface area contributed by atoms with Gasteiger partial charge in [-0.15, -0.1) is 0 Å². The quantitative estimate of drug-likeness (QED) is 0.227. The number of carbonyl (C=O) groups is 4. The number of amides is 1. The lowest BCUT2D eigenvalue weighted by Crippen LogP contribution is -2.64. The fraction of sp³-hybridized carbons (Fsp3) is 0.750. The van der Waals surface area contributed by atoms with E-state index in [-0.39, 0.29) is 12.8 Å². The predicted molar refractivity (Wildman–Crippen MR) is 88.6 cm³/mol. The number of aliphatic hydroxyl groups is 2. The van der Waals surface area contributed by atoms with Crippen molar-refractivity contribution < 1.29 is 53.1 Å². The van der Waals surface area contributed by atoms with Crippen LogP contribution >= 0.6 is 0 Å². The minimum absolute atomic E-state index is 0.00464. The molecule has 12 heteroatoms. The number of rotatable bonds is 12. The molecule has 0 aromatic heterocycles. The van der Waals surface area contributed by atoms with Gasteiger partial charge < -0.3 is 44.0 Å². The van der Waals surface area contributed by atoms with Gasteiger partial charge in [0, 0.05) is 14.0 Å². The fourth-order valence-corrected chi connectivity index (χ4v) is 2.74. The van der Waals surface area contributed by atoms with E-state index in [9.17, 15) is 29.4 Å². The molecule has 1 fully saturated rings. The lowest BCUT2D eigenvalue weighted by atomic mass is 9.93. The first-order valence-corrected chi connectivity index (χ1v) is 8.37. The number of aldehydes is 2. The van der Waals surface area contributed by atoms with Crippen molar-refractivity contribution in [2.75, 3.05) is 13.7 Å². The van der Waals surface area contributed by atoms with Crippen molar-refractivity contribution in [3.63, 3.8) is 0 Å². The molecule has 0 aliphatic carbocycles. The number of carbonyl (C=O) groups excluding carboxylic acids is 4. The molecule has 1 aliphatic heterocycles. The minimum atomic E-state index is -1.71. The first-order valence-electron chi connectivity index (χ1n) is 8.37. The third-order valence-electron chi connectivity index (χ3n) is 4.05. The van der Waals surface area contributed by atoms with Crippen molar-refractivity contribution in [3.05, 3.63) is 0 Å². The smallest absolute Gasteiger partial charge is 0.295 e. The molecule has 1 aliphatic rings. The highest BCUT2D eigenvalue weighted by atomic mass is 16.8. The molecule has 1 rings (SSSR count). The Morgan fingerprint density at radius 2 is 1.96 bits per heavy atom. The number of hydrogen-bond donors (Lipinski definition) is 3. The van der Waals surface area contributed by atoms with Crippen molar-refractivity contribution in [3.8, 4) is 0 Å². The molecule has 0 spiro atoms. The Hall–Kier alpha value is -1.96. The zero-order valence-electron chi connectivity index (χ0n) is 15.6. The Labute approximate surface area is 161 Å². The Bertz CT molecular complexity index is 531. The van der Waals surface area contributed by atoms with E-state index < -0.39 is 61.7 Å². The van der Waals surface area contributed by atoms with Gasteiger partial charge in [-0.25, -0.2) is 0 Å². The Morgan fingerprint density at radius 3 is 2.43 bits per heavy atom. The summed E-state index contributed by atoms with van der Waals surface area (Å²) in [7, 11) is 1.16. The lowest BCUT2D eigenvalue weighted by molar-refractivity contribution is -0.283. The van der Waals surface area contributed by atoms with Crippen molar-refractivity contribution in [2.24, 2.45) is 0 Å². The van der Waals surface area contributed by atoms with E-state index in [2.05, 4.69) is 10.1 Å². The average Bonchev–Trinajstić information content (AvgIpc) is 2.66. The van der Waals surface area contributed by atoms with Crippen molar-refractivity contribution >= 4 is 25.0 Å². The molecule has 8 atom stereocenters.